The number of hydrogen-bond donors (Lipinski definition) is 0. The van der Waals surface area contributed by atoms with Gasteiger partial charge in [0.25, 0.3) is 0 Å². The molecule has 1 atom stereocenters. The van der Waals surface area contributed by atoms with Gasteiger partial charge in [-0.1, -0.05) is 36.4 Å². The number of pyridine rings is 1. The van der Waals surface area contributed by atoms with E-state index in [-0.39, 0.29) is 11.3 Å². The summed E-state index contributed by atoms with van der Waals surface area (Å²) in [6.45, 7) is 0. The van der Waals surface area contributed by atoms with Gasteiger partial charge in [0.1, 0.15) is 11.7 Å². The van der Waals surface area contributed by atoms with Crippen molar-refractivity contribution in [2.24, 2.45) is 0 Å². The van der Waals surface area contributed by atoms with Crippen LogP contribution < -0.4 is 4.74 Å². The molecule has 0 aliphatic heterocycles. The summed E-state index contributed by atoms with van der Waals surface area (Å²) in [4.78, 5) is 29.5. The second kappa shape index (κ2) is 8.04. The van der Waals surface area contributed by atoms with Gasteiger partial charge in [-0.3, -0.25) is 14.6 Å². The van der Waals surface area contributed by atoms with Crippen LogP contribution >= 0.6 is 0 Å². The van der Waals surface area contributed by atoms with Crippen molar-refractivity contribution in [1.82, 2.24) is 4.98 Å². The number of halogens is 3. The number of ketones is 1. The molecular formula is C21H14F3NO3. The lowest BCUT2D eigenvalue weighted by molar-refractivity contribution is -0.139. The molecule has 0 amide bonds. The van der Waals surface area contributed by atoms with Crippen LogP contribution in [0, 0.1) is 0 Å². The van der Waals surface area contributed by atoms with Gasteiger partial charge in [-0.15, -0.1) is 0 Å². The second-order valence-corrected chi connectivity index (χ2v) is 5.90. The van der Waals surface area contributed by atoms with Crippen LogP contribution in [0.2, 0.25) is 0 Å². The third-order valence-corrected chi connectivity index (χ3v) is 3.96. The molecule has 0 radical (unpaired) electrons. The van der Waals surface area contributed by atoms with Gasteiger partial charge in [-0.25, -0.2) is 0 Å². The van der Waals surface area contributed by atoms with E-state index in [1.54, 1.807) is 36.4 Å². The lowest BCUT2D eigenvalue weighted by atomic mass is 9.91. The number of rotatable bonds is 5. The molecule has 0 saturated heterocycles. The van der Waals surface area contributed by atoms with Gasteiger partial charge in [0, 0.05) is 18.0 Å². The zero-order valence-corrected chi connectivity index (χ0v) is 14.4. The van der Waals surface area contributed by atoms with Gasteiger partial charge < -0.3 is 4.74 Å². The number of carbonyl (C=O) groups is 2. The van der Waals surface area contributed by atoms with Gasteiger partial charge >= 0.3 is 12.1 Å². The highest BCUT2D eigenvalue weighted by Gasteiger charge is 2.33. The Kier molecular flexibility index (Phi) is 5.54. The summed E-state index contributed by atoms with van der Waals surface area (Å²) < 4.78 is 43.8. The predicted octanol–water partition coefficient (Wildman–Crippen LogP) is 4.67. The maximum Gasteiger partial charge on any atom is 0.416 e. The molecule has 1 heterocycles. The highest BCUT2D eigenvalue weighted by molar-refractivity contribution is 6.13. The smallest absolute Gasteiger partial charge is 0.416 e. The molecule has 0 N–H and O–H groups in total. The molecule has 142 valence electrons. The van der Waals surface area contributed by atoms with Crippen LogP contribution in [0.25, 0.3) is 0 Å². The average Bonchev–Trinajstić information content (AvgIpc) is 2.69. The Morgan fingerprint density at radius 3 is 2.32 bits per heavy atom. The van der Waals surface area contributed by atoms with Crippen LogP contribution in [-0.2, 0) is 11.0 Å². The summed E-state index contributed by atoms with van der Waals surface area (Å²) >= 11 is 0. The van der Waals surface area contributed by atoms with Gasteiger partial charge in [-0.05, 0) is 35.9 Å². The minimum Gasteiger partial charge on any atom is -0.426 e. The first-order valence-corrected chi connectivity index (χ1v) is 8.24. The number of nitrogens with zero attached hydrogens (tertiary/aromatic N) is 1. The first-order valence-electron chi connectivity index (χ1n) is 8.24. The van der Waals surface area contributed by atoms with Crippen LogP contribution in [0.4, 0.5) is 13.2 Å². The molecule has 3 rings (SSSR count). The summed E-state index contributed by atoms with van der Waals surface area (Å²) in [6, 6.07) is 15.2. The van der Waals surface area contributed by atoms with Crippen molar-refractivity contribution in [3.8, 4) is 5.75 Å². The van der Waals surface area contributed by atoms with E-state index in [0.717, 1.165) is 12.1 Å². The number of ether oxygens (including phenoxy) is 1. The number of Topliss-reactive ketones (excluding diaryl/α,β-unsaturated/α-hetero) is 1. The molecule has 2 aromatic carbocycles. The Morgan fingerprint density at radius 1 is 0.929 bits per heavy atom. The van der Waals surface area contributed by atoms with E-state index in [2.05, 4.69) is 4.98 Å². The van der Waals surface area contributed by atoms with Crippen molar-refractivity contribution < 1.29 is 27.5 Å². The van der Waals surface area contributed by atoms with Crippen molar-refractivity contribution >= 4 is 11.8 Å². The van der Waals surface area contributed by atoms with Crippen molar-refractivity contribution in [2.75, 3.05) is 0 Å². The molecule has 0 saturated carbocycles. The van der Waals surface area contributed by atoms with Crippen molar-refractivity contribution in [2.45, 2.75) is 12.1 Å². The van der Waals surface area contributed by atoms with Gasteiger partial charge in [0.2, 0.25) is 0 Å². The Hall–Kier alpha value is -3.48. The zero-order chi connectivity index (χ0) is 20.1. The van der Waals surface area contributed by atoms with Crippen molar-refractivity contribution in [3.05, 3.63) is 95.8 Å². The highest BCUT2D eigenvalue weighted by Crippen LogP contribution is 2.32. The van der Waals surface area contributed by atoms with E-state index in [9.17, 15) is 22.8 Å². The van der Waals surface area contributed by atoms with Crippen LogP contribution in [0.15, 0.2) is 79.1 Å². The van der Waals surface area contributed by atoms with Crippen molar-refractivity contribution in [3.63, 3.8) is 0 Å². The monoisotopic (exact) mass is 385 g/mol. The van der Waals surface area contributed by atoms with E-state index in [0.29, 0.717) is 11.6 Å². The van der Waals surface area contributed by atoms with Crippen LogP contribution in [0.1, 0.15) is 27.4 Å². The Labute approximate surface area is 158 Å². The van der Waals surface area contributed by atoms with E-state index >= 15 is 0 Å². The number of hydrogen-bond acceptors (Lipinski definition) is 4. The number of benzene rings is 2. The molecule has 3 aromatic rings. The molecule has 0 spiro atoms. The van der Waals surface area contributed by atoms with Crippen LogP contribution in [0.3, 0.4) is 0 Å². The van der Waals surface area contributed by atoms with Crippen molar-refractivity contribution in [1.29, 1.82) is 0 Å². The predicted molar refractivity (Wildman–Crippen MR) is 94.8 cm³/mol. The largest absolute Gasteiger partial charge is 0.426 e. The number of alkyl halides is 3. The molecule has 0 bridgehead atoms. The fourth-order valence-electron chi connectivity index (χ4n) is 2.63. The van der Waals surface area contributed by atoms with Gasteiger partial charge in [0.05, 0.1) is 5.56 Å². The summed E-state index contributed by atoms with van der Waals surface area (Å²) in [5.74, 6) is -3.16. The Morgan fingerprint density at radius 2 is 1.68 bits per heavy atom. The summed E-state index contributed by atoms with van der Waals surface area (Å²) in [5.41, 5.74) is -0.390. The molecule has 1 unspecified atom stereocenters. The highest BCUT2D eigenvalue weighted by atomic mass is 19.4. The zero-order valence-electron chi connectivity index (χ0n) is 14.4. The third-order valence-electron chi connectivity index (χ3n) is 3.96. The molecular weight excluding hydrogens is 371 g/mol. The third kappa shape index (κ3) is 4.43. The average molecular weight is 385 g/mol. The molecule has 7 heteroatoms. The SMILES string of the molecule is O=C(Oc1cccc(C(F)(F)F)c1)C(C(=O)c1cccnc1)c1ccccc1. The fraction of sp³-hybridized carbons (Fsp3) is 0.0952. The number of esters is 1. The lowest BCUT2D eigenvalue weighted by Gasteiger charge is -2.16. The maximum absolute atomic E-state index is 12.9. The standard InChI is InChI=1S/C21H14F3NO3/c22-21(23,24)16-9-4-10-17(12-16)28-20(27)18(14-6-2-1-3-7-14)19(26)15-8-5-11-25-13-15/h1-13,18H. The lowest BCUT2D eigenvalue weighted by Crippen LogP contribution is -2.26. The summed E-state index contributed by atoms with van der Waals surface area (Å²) in [5, 5.41) is 0. The molecule has 0 aliphatic rings. The molecule has 28 heavy (non-hydrogen) atoms. The minimum absolute atomic E-state index is 0.192. The minimum atomic E-state index is -4.58. The van der Waals surface area contributed by atoms with Crippen LogP contribution in [-0.4, -0.2) is 16.7 Å². The van der Waals surface area contributed by atoms with E-state index in [1.807, 2.05) is 0 Å². The normalized spacial score (nSPS) is 12.2. The quantitative estimate of drug-likeness (QED) is 0.277. The topological polar surface area (TPSA) is 56.3 Å². The molecule has 0 fully saturated rings. The van der Waals surface area contributed by atoms with E-state index in [4.69, 9.17) is 4.74 Å². The van der Waals surface area contributed by atoms with Gasteiger partial charge in [0.15, 0.2) is 5.78 Å². The Bertz CT molecular complexity index is 973. The summed E-state index contributed by atoms with van der Waals surface area (Å²) in [7, 11) is 0. The Balaban J connectivity index is 1.93. The van der Waals surface area contributed by atoms with Gasteiger partial charge in [-0.2, -0.15) is 13.2 Å². The maximum atomic E-state index is 12.9. The van der Waals surface area contributed by atoms with E-state index in [1.165, 1.54) is 24.5 Å². The summed E-state index contributed by atoms with van der Waals surface area (Å²) in [6.07, 6.45) is -1.78. The number of aromatic nitrogens is 1. The van der Waals surface area contributed by atoms with Crippen LogP contribution in [0.5, 0.6) is 5.75 Å². The second-order valence-electron chi connectivity index (χ2n) is 5.90. The van der Waals surface area contributed by atoms with E-state index < -0.39 is 29.4 Å². The first kappa shape index (κ1) is 19.3. The molecule has 0 aliphatic carbocycles. The number of carbonyl (C=O) groups excluding carboxylic acids is 2. The molecule has 4 nitrogen and oxygen atoms in total. The first-order chi connectivity index (χ1) is 13.4. The fourth-order valence-corrected chi connectivity index (χ4v) is 2.63. The molecule has 1 aromatic heterocycles.